The molecule has 7 nitrogen and oxygen atoms in total. The Bertz CT molecular complexity index is 1000. The van der Waals surface area contributed by atoms with E-state index < -0.39 is 32.2 Å². The van der Waals surface area contributed by atoms with Gasteiger partial charge in [-0.1, -0.05) is 45.0 Å². The summed E-state index contributed by atoms with van der Waals surface area (Å²) < 4.78 is 25.2. The van der Waals surface area contributed by atoms with E-state index in [1.54, 1.807) is 4.90 Å². The number of likely N-dealkylation sites (N-methyl/N-ethyl adjacent to an activating group) is 1. The Morgan fingerprint density at radius 2 is 1.72 bits per heavy atom. The molecule has 2 aliphatic heterocycles. The van der Waals surface area contributed by atoms with Crippen LogP contribution in [0.3, 0.4) is 0 Å². The third-order valence-electron chi connectivity index (χ3n) is 8.90. The Labute approximate surface area is 239 Å². The molecule has 220 valence electrons. The van der Waals surface area contributed by atoms with Crippen LogP contribution in [-0.2, 0) is 18.5 Å². The molecular weight excluding hydrogens is 507 g/mol. The average molecular weight is 561 g/mol. The van der Waals surface area contributed by atoms with Crippen molar-refractivity contribution in [3.8, 4) is 0 Å². The molecule has 0 bridgehead atoms. The first kappa shape index (κ1) is 32.1. The minimum absolute atomic E-state index is 0.174. The Morgan fingerprint density at radius 1 is 1.13 bits per heavy atom. The average Bonchev–Trinajstić information content (AvgIpc) is 3.29. The predicted octanol–water partition coefficient (Wildman–Crippen LogP) is 5.99. The van der Waals surface area contributed by atoms with Gasteiger partial charge in [-0.15, -0.1) is 0 Å². The molecule has 2 heterocycles. The molecule has 1 aromatic rings. The fourth-order valence-corrected chi connectivity index (χ4v) is 6.08. The van der Waals surface area contributed by atoms with Gasteiger partial charge in [0.2, 0.25) is 0 Å². The first-order chi connectivity index (χ1) is 17.6. The highest BCUT2D eigenvalue weighted by molar-refractivity contribution is 6.74. The first-order valence-corrected chi connectivity index (χ1v) is 17.3. The highest BCUT2D eigenvalue weighted by atomic mass is 28.4. The van der Waals surface area contributed by atoms with Crippen molar-refractivity contribution in [1.82, 2.24) is 9.80 Å². The maximum absolute atomic E-state index is 13.2. The second kappa shape index (κ2) is 11.1. The molecule has 0 radical (unpaired) electrons. The van der Waals surface area contributed by atoms with Gasteiger partial charge in [0, 0.05) is 26.7 Å². The van der Waals surface area contributed by atoms with Crippen molar-refractivity contribution in [2.45, 2.75) is 123 Å². The summed E-state index contributed by atoms with van der Waals surface area (Å²) in [5.41, 5.74) is 0.569. The number of hydrogen-bond acceptors (Lipinski definition) is 6. The summed E-state index contributed by atoms with van der Waals surface area (Å²) in [6, 6.07) is 8.07. The molecule has 1 amide bonds. The van der Waals surface area contributed by atoms with Gasteiger partial charge in [0.05, 0.1) is 23.3 Å². The molecule has 0 unspecified atom stereocenters. The van der Waals surface area contributed by atoms with Gasteiger partial charge < -0.3 is 23.4 Å². The van der Waals surface area contributed by atoms with Crippen molar-refractivity contribution in [3.63, 3.8) is 0 Å². The van der Waals surface area contributed by atoms with Crippen LogP contribution in [0.1, 0.15) is 87.3 Å². The summed E-state index contributed by atoms with van der Waals surface area (Å²) in [4.78, 5) is 17.4. The number of amides is 1. The lowest BCUT2D eigenvalue weighted by Gasteiger charge is -2.38. The second-order valence-electron chi connectivity index (χ2n) is 14.9. The number of likely N-dealkylation sites (tertiary alicyclic amines) is 1. The number of ether oxygens (including phenoxy) is 1. The van der Waals surface area contributed by atoms with Crippen molar-refractivity contribution < 1.29 is 23.3 Å². The number of nitrogens with zero attached hydrogens (tertiary/aromatic N) is 2. The molecular formula is C30H53BN2O5Si. The van der Waals surface area contributed by atoms with E-state index in [9.17, 15) is 4.79 Å². The van der Waals surface area contributed by atoms with Gasteiger partial charge in [0.25, 0.3) is 0 Å². The monoisotopic (exact) mass is 560 g/mol. The molecule has 0 spiro atoms. The highest BCUT2D eigenvalue weighted by Crippen LogP contribution is 2.39. The van der Waals surface area contributed by atoms with Crippen LogP contribution in [0.2, 0.25) is 18.1 Å². The van der Waals surface area contributed by atoms with Gasteiger partial charge in [-0.3, -0.25) is 4.90 Å². The molecule has 39 heavy (non-hydrogen) atoms. The van der Waals surface area contributed by atoms with Gasteiger partial charge >= 0.3 is 13.2 Å². The molecule has 1 aromatic carbocycles. The maximum Gasteiger partial charge on any atom is 0.494 e. The van der Waals surface area contributed by atoms with Crippen molar-refractivity contribution in [2.75, 3.05) is 26.7 Å². The predicted molar refractivity (Wildman–Crippen MR) is 162 cm³/mol. The van der Waals surface area contributed by atoms with E-state index in [1.165, 1.54) is 0 Å². The van der Waals surface area contributed by atoms with Crippen molar-refractivity contribution in [2.24, 2.45) is 0 Å². The van der Waals surface area contributed by atoms with Crippen LogP contribution in [0.4, 0.5) is 4.79 Å². The fourth-order valence-electron chi connectivity index (χ4n) is 4.70. The number of rotatable bonds is 7. The van der Waals surface area contributed by atoms with E-state index in [4.69, 9.17) is 18.5 Å². The quantitative estimate of drug-likeness (QED) is 0.382. The summed E-state index contributed by atoms with van der Waals surface area (Å²) in [6.45, 7) is 27.9. The van der Waals surface area contributed by atoms with Gasteiger partial charge in [0.15, 0.2) is 8.32 Å². The number of benzene rings is 1. The zero-order chi connectivity index (χ0) is 29.6. The van der Waals surface area contributed by atoms with E-state index in [0.29, 0.717) is 6.54 Å². The Kier molecular flexibility index (Phi) is 9.16. The molecule has 2 saturated heterocycles. The Morgan fingerprint density at radius 3 is 2.26 bits per heavy atom. The summed E-state index contributed by atoms with van der Waals surface area (Å²) in [7, 11) is -0.483. The van der Waals surface area contributed by atoms with Crippen LogP contribution in [0.5, 0.6) is 0 Å². The lowest BCUT2D eigenvalue weighted by Crippen LogP contribution is -2.45. The molecule has 3 rings (SSSR count). The molecule has 9 heteroatoms. The largest absolute Gasteiger partial charge is 0.494 e. The fraction of sp³-hybridized carbons (Fsp3) is 0.767. The lowest BCUT2D eigenvalue weighted by atomic mass is 9.78. The third kappa shape index (κ3) is 7.67. The number of carbonyl (C=O) groups excluding carboxylic acids is 1. The van der Waals surface area contributed by atoms with Crippen molar-refractivity contribution in [1.29, 1.82) is 0 Å². The number of carbonyl (C=O) groups is 1. The van der Waals surface area contributed by atoms with Gasteiger partial charge in [-0.05, 0) is 84.0 Å². The van der Waals surface area contributed by atoms with E-state index in [0.717, 1.165) is 30.5 Å². The molecule has 2 aliphatic rings. The third-order valence-corrected chi connectivity index (χ3v) is 13.4. The Balaban J connectivity index is 1.84. The zero-order valence-corrected chi connectivity index (χ0v) is 27.8. The van der Waals surface area contributed by atoms with Crippen LogP contribution in [0, 0.1) is 0 Å². The van der Waals surface area contributed by atoms with Crippen molar-refractivity contribution >= 4 is 27.0 Å². The molecule has 0 aromatic heterocycles. The minimum atomic E-state index is -1.86. The zero-order valence-electron chi connectivity index (χ0n) is 26.8. The van der Waals surface area contributed by atoms with Crippen LogP contribution < -0.4 is 5.46 Å². The standard InChI is InChI=1S/C30H53BN2O5Si/c1-27(2,3)35-26(34)32(11)25(21-33-18-17-24(20-33)36-39(12,13)28(4,5)6)22-15-14-16-23(19-22)31-37-29(7,8)30(9,10)38-31/h14-16,19,24-25H,17-18,20-21H2,1-13H3/t24-,25-/m0/s1. The van der Waals surface area contributed by atoms with Gasteiger partial charge in [-0.2, -0.15) is 0 Å². The topological polar surface area (TPSA) is 60.5 Å². The lowest BCUT2D eigenvalue weighted by molar-refractivity contribution is 0.00578. The van der Waals surface area contributed by atoms with E-state index in [2.05, 4.69) is 78.6 Å². The van der Waals surface area contributed by atoms with Crippen LogP contribution in [0.25, 0.3) is 0 Å². The summed E-state index contributed by atoms with van der Waals surface area (Å²) in [6.07, 6.45) is 0.889. The SMILES string of the molecule is CN(C(=O)OC(C)(C)C)[C@@H](CN1CC[C@H](O[Si](C)(C)C(C)(C)C)C1)c1cccc(B2OC(C)(C)C(C)(C)O2)c1. The van der Waals surface area contributed by atoms with Gasteiger partial charge in [-0.25, -0.2) is 4.79 Å². The molecule has 0 saturated carbocycles. The highest BCUT2D eigenvalue weighted by Gasteiger charge is 2.52. The van der Waals surface area contributed by atoms with E-state index in [-0.39, 0.29) is 23.3 Å². The second-order valence-corrected chi connectivity index (χ2v) is 19.7. The first-order valence-electron chi connectivity index (χ1n) is 14.4. The van der Waals surface area contributed by atoms with Crippen LogP contribution in [0.15, 0.2) is 24.3 Å². The summed E-state index contributed by atoms with van der Waals surface area (Å²) >= 11 is 0. The van der Waals surface area contributed by atoms with Crippen LogP contribution in [-0.4, -0.2) is 80.9 Å². The minimum Gasteiger partial charge on any atom is -0.444 e. The molecule has 2 atom stereocenters. The van der Waals surface area contributed by atoms with E-state index >= 15 is 0 Å². The Hall–Kier alpha value is -1.39. The van der Waals surface area contributed by atoms with Crippen LogP contribution >= 0.6 is 0 Å². The summed E-state index contributed by atoms with van der Waals surface area (Å²) in [5, 5.41) is 0.174. The molecule has 0 N–H and O–H groups in total. The molecule has 2 fully saturated rings. The van der Waals surface area contributed by atoms with E-state index in [1.807, 2.05) is 40.0 Å². The normalized spacial score (nSPS) is 22.7. The molecule has 0 aliphatic carbocycles. The smallest absolute Gasteiger partial charge is 0.444 e. The maximum atomic E-state index is 13.2. The summed E-state index contributed by atoms with van der Waals surface area (Å²) in [5.74, 6) is 0. The number of hydrogen-bond donors (Lipinski definition) is 0. The van der Waals surface area contributed by atoms with Gasteiger partial charge in [0.1, 0.15) is 5.60 Å². The van der Waals surface area contributed by atoms with Crippen molar-refractivity contribution in [3.05, 3.63) is 29.8 Å².